The summed E-state index contributed by atoms with van der Waals surface area (Å²) < 4.78 is 2.94. The summed E-state index contributed by atoms with van der Waals surface area (Å²) in [5.74, 6) is 0. The molecule has 1 nitrogen and oxygen atoms in total. The monoisotopic (exact) mass is 691 g/mol. The summed E-state index contributed by atoms with van der Waals surface area (Å²) in [7, 11) is 0. The van der Waals surface area contributed by atoms with Crippen molar-refractivity contribution >= 4 is 72.4 Å². The molecule has 49 heavy (non-hydrogen) atoms. The van der Waals surface area contributed by atoms with Crippen LogP contribution in [-0.2, 0) is 5.41 Å². The van der Waals surface area contributed by atoms with Gasteiger partial charge in [0.25, 0.3) is 0 Å². The molecule has 0 aliphatic heterocycles. The number of fused-ring (bicyclic) bond motifs is 10. The van der Waals surface area contributed by atoms with Crippen LogP contribution in [0, 0.1) is 0 Å². The fraction of sp³-hybridized carbons (Fsp3) is 0.0638. The molecule has 1 heterocycles. The number of anilines is 3. The molecule has 10 rings (SSSR count). The van der Waals surface area contributed by atoms with Crippen molar-refractivity contribution in [2.75, 3.05) is 4.90 Å². The molecule has 0 saturated carbocycles. The van der Waals surface area contributed by atoms with Crippen LogP contribution in [0.2, 0.25) is 0 Å². The minimum absolute atomic E-state index is 0.0843. The first-order valence-corrected chi connectivity index (χ1v) is 18.7. The molecule has 0 amide bonds. The van der Waals surface area contributed by atoms with Crippen molar-refractivity contribution in [2.45, 2.75) is 19.3 Å². The molecule has 1 aliphatic carbocycles. The molecule has 0 saturated heterocycles. The zero-order chi connectivity index (χ0) is 32.7. The van der Waals surface area contributed by atoms with Crippen LogP contribution in [0.15, 0.2) is 164 Å². The Kier molecular flexibility index (Phi) is 6.31. The number of para-hydroxylation sites is 1. The SMILES string of the molecule is CC1(C)c2ccccc2-c2ccc(N(c3ccc4c(c3)[se]c3c4ccc4ccc5ccccc5c43)c3ccccc3-c3ccccc3)cc21. The van der Waals surface area contributed by atoms with Crippen LogP contribution in [0.5, 0.6) is 0 Å². The first kappa shape index (κ1) is 28.6. The van der Waals surface area contributed by atoms with Gasteiger partial charge in [0.05, 0.1) is 0 Å². The van der Waals surface area contributed by atoms with Crippen LogP contribution in [0.3, 0.4) is 0 Å². The van der Waals surface area contributed by atoms with E-state index >= 15 is 0 Å². The molecule has 0 spiro atoms. The average Bonchev–Trinajstić information content (AvgIpc) is 3.63. The number of hydrogen-bond acceptors (Lipinski definition) is 1. The van der Waals surface area contributed by atoms with E-state index in [2.05, 4.69) is 183 Å². The normalized spacial score (nSPS) is 13.3. The van der Waals surface area contributed by atoms with Crippen LogP contribution in [-0.4, -0.2) is 14.5 Å². The van der Waals surface area contributed by atoms with E-state index in [0.29, 0.717) is 0 Å². The quantitative estimate of drug-likeness (QED) is 0.131. The Balaban J connectivity index is 1.22. The molecule has 1 aliphatic rings. The van der Waals surface area contributed by atoms with E-state index in [1.165, 1.54) is 91.3 Å². The second-order valence-corrected chi connectivity index (χ2v) is 15.9. The fourth-order valence-corrected chi connectivity index (χ4v) is 11.0. The van der Waals surface area contributed by atoms with Crippen LogP contribution in [0.4, 0.5) is 17.1 Å². The van der Waals surface area contributed by atoms with Gasteiger partial charge in [-0.2, -0.15) is 0 Å². The van der Waals surface area contributed by atoms with Gasteiger partial charge < -0.3 is 0 Å². The van der Waals surface area contributed by atoms with E-state index in [-0.39, 0.29) is 19.9 Å². The molecule has 8 aromatic carbocycles. The minimum atomic E-state index is -0.0843. The second kappa shape index (κ2) is 10.8. The molecule has 9 aromatic rings. The molecular weight excluding hydrogens is 657 g/mol. The van der Waals surface area contributed by atoms with Crippen molar-refractivity contribution < 1.29 is 0 Å². The summed E-state index contributed by atoms with van der Waals surface area (Å²) in [4.78, 5) is 2.49. The van der Waals surface area contributed by atoms with Crippen LogP contribution in [0.1, 0.15) is 25.0 Å². The molecule has 1 aromatic heterocycles. The average molecular weight is 691 g/mol. The summed E-state index contributed by atoms with van der Waals surface area (Å²) in [6.07, 6.45) is 0. The maximum atomic E-state index is 2.49. The standard InChI is InChI=1S/C47H33NSe/c1-47(2)41-18-10-8-17-37(41)38-26-23-33(28-42(38)47)48(43-19-11-9-15-35(43)30-12-4-3-5-13-30)34-24-27-39-40-25-22-32-21-20-31-14-6-7-16-36(31)45(32)46(40)49-44(39)29-34/h3-29H,1-2H3. The topological polar surface area (TPSA) is 3.24 Å². The Morgan fingerprint density at radius 1 is 0.469 bits per heavy atom. The van der Waals surface area contributed by atoms with E-state index < -0.39 is 0 Å². The third kappa shape index (κ3) is 4.31. The number of benzene rings is 8. The molecule has 0 unspecified atom stereocenters. The summed E-state index contributed by atoms with van der Waals surface area (Å²) in [6.45, 7) is 4.74. The Morgan fingerprint density at radius 3 is 2.02 bits per heavy atom. The summed E-state index contributed by atoms with van der Waals surface area (Å²) in [5, 5.41) is 8.16. The van der Waals surface area contributed by atoms with Crippen molar-refractivity contribution in [1.29, 1.82) is 0 Å². The Labute approximate surface area is 292 Å². The van der Waals surface area contributed by atoms with Crippen LogP contribution < -0.4 is 4.90 Å². The van der Waals surface area contributed by atoms with Gasteiger partial charge in [-0.25, -0.2) is 0 Å². The zero-order valence-corrected chi connectivity index (χ0v) is 29.2. The van der Waals surface area contributed by atoms with Crippen molar-refractivity contribution in [1.82, 2.24) is 0 Å². The van der Waals surface area contributed by atoms with Crippen molar-refractivity contribution in [3.05, 3.63) is 175 Å². The Bertz CT molecular complexity index is 2750. The van der Waals surface area contributed by atoms with Gasteiger partial charge in [0, 0.05) is 0 Å². The van der Waals surface area contributed by atoms with Gasteiger partial charge in [0.2, 0.25) is 0 Å². The van der Waals surface area contributed by atoms with Gasteiger partial charge in [-0.05, 0) is 0 Å². The molecule has 0 atom stereocenters. The Morgan fingerprint density at radius 2 is 1.12 bits per heavy atom. The predicted molar refractivity (Wildman–Crippen MR) is 211 cm³/mol. The van der Waals surface area contributed by atoms with E-state index in [9.17, 15) is 0 Å². The maximum absolute atomic E-state index is 2.49. The number of hydrogen-bond donors (Lipinski definition) is 0. The molecule has 0 fully saturated rings. The van der Waals surface area contributed by atoms with E-state index in [1.54, 1.807) is 0 Å². The third-order valence-corrected chi connectivity index (χ3v) is 13.1. The molecular formula is C47H33NSe. The van der Waals surface area contributed by atoms with Crippen molar-refractivity contribution in [3.8, 4) is 22.3 Å². The van der Waals surface area contributed by atoms with Crippen LogP contribution >= 0.6 is 0 Å². The molecule has 0 radical (unpaired) electrons. The van der Waals surface area contributed by atoms with E-state index in [1.807, 2.05) is 0 Å². The van der Waals surface area contributed by atoms with Crippen LogP contribution in [0.25, 0.3) is 63.1 Å². The van der Waals surface area contributed by atoms with Crippen molar-refractivity contribution in [2.24, 2.45) is 0 Å². The number of rotatable bonds is 4. The predicted octanol–water partition coefficient (Wildman–Crippen LogP) is 12.8. The first-order valence-electron chi connectivity index (χ1n) is 17.0. The van der Waals surface area contributed by atoms with Gasteiger partial charge >= 0.3 is 294 Å². The van der Waals surface area contributed by atoms with Gasteiger partial charge in [-0.3, -0.25) is 0 Å². The molecule has 2 heteroatoms. The Hall–Kier alpha value is -5.40. The zero-order valence-electron chi connectivity index (χ0n) is 27.4. The molecule has 0 N–H and O–H groups in total. The fourth-order valence-electron chi connectivity index (χ4n) is 8.24. The van der Waals surface area contributed by atoms with Gasteiger partial charge in [0.15, 0.2) is 0 Å². The van der Waals surface area contributed by atoms with Gasteiger partial charge in [-0.1, -0.05) is 0 Å². The first-order chi connectivity index (χ1) is 24.1. The van der Waals surface area contributed by atoms with Gasteiger partial charge in [-0.15, -0.1) is 0 Å². The van der Waals surface area contributed by atoms with Crippen molar-refractivity contribution in [3.63, 3.8) is 0 Å². The van der Waals surface area contributed by atoms with Gasteiger partial charge in [0.1, 0.15) is 0 Å². The summed E-state index contributed by atoms with van der Waals surface area (Å²) >= 11 is 0.177. The summed E-state index contributed by atoms with van der Waals surface area (Å²) in [5.41, 5.74) is 11.4. The summed E-state index contributed by atoms with van der Waals surface area (Å²) in [6, 6.07) is 60.9. The van der Waals surface area contributed by atoms with E-state index in [0.717, 1.165) is 0 Å². The second-order valence-electron chi connectivity index (χ2n) is 13.7. The van der Waals surface area contributed by atoms with E-state index in [4.69, 9.17) is 0 Å². The number of nitrogens with zero attached hydrogens (tertiary/aromatic N) is 1. The third-order valence-electron chi connectivity index (χ3n) is 10.6. The molecule has 232 valence electrons. The molecule has 0 bridgehead atoms.